The second-order valence-corrected chi connectivity index (χ2v) is 3.49. The molecule has 1 heterocycles. The predicted molar refractivity (Wildman–Crippen MR) is 44.5 cm³/mol. The molecular weight excluding hydrogens is 150 g/mol. The van der Waals surface area contributed by atoms with Gasteiger partial charge in [-0.3, -0.25) is 5.10 Å². The van der Waals surface area contributed by atoms with Gasteiger partial charge >= 0.3 is 0 Å². The van der Waals surface area contributed by atoms with Gasteiger partial charge in [-0.1, -0.05) is 6.92 Å². The standard InChI is InChI=1S/C9H11N3/c1-6-2-3-8-7(4-6)9(5-10)12-11-8/h6H,2-4H2,1H3,(H,11,12). The van der Waals surface area contributed by atoms with Gasteiger partial charge in [0, 0.05) is 11.3 Å². The molecule has 0 saturated carbocycles. The molecule has 3 heteroatoms. The fourth-order valence-electron chi connectivity index (χ4n) is 1.76. The maximum Gasteiger partial charge on any atom is 0.165 e. The minimum Gasteiger partial charge on any atom is -0.281 e. The van der Waals surface area contributed by atoms with Gasteiger partial charge in [-0.25, -0.2) is 0 Å². The molecule has 1 N–H and O–H groups in total. The minimum atomic E-state index is 0.594. The first-order chi connectivity index (χ1) is 5.81. The summed E-state index contributed by atoms with van der Waals surface area (Å²) in [5, 5.41) is 15.6. The van der Waals surface area contributed by atoms with Crippen LogP contribution in [-0.4, -0.2) is 10.2 Å². The zero-order valence-electron chi connectivity index (χ0n) is 7.09. The average molecular weight is 161 g/mol. The third-order valence-corrected chi connectivity index (χ3v) is 2.50. The summed E-state index contributed by atoms with van der Waals surface area (Å²) >= 11 is 0. The van der Waals surface area contributed by atoms with E-state index in [0.29, 0.717) is 11.6 Å². The highest BCUT2D eigenvalue weighted by molar-refractivity contribution is 5.36. The molecule has 1 aromatic heterocycles. The molecule has 0 spiro atoms. The van der Waals surface area contributed by atoms with Crippen LogP contribution >= 0.6 is 0 Å². The number of fused-ring (bicyclic) bond motifs is 1. The summed E-state index contributed by atoms with van der Waals surface area (Å²) in [6.45, 7) is 2.22. The molecule has 12 heavy (non-hydrogen) atoms. The van der Waals surface area contributed by atoms with Crippen molar-refractivity contribution in [1.82, 2.24) is 10.2 Å². The number of nitrogens with zero attached hydrogens (tertiary/aromatic N) is 2. The Kier molecular flexibility index (Phi) is 1.61. The number of nitriles is 1. The third-order valence-electron chi connectivity index (χ3n) is 2.50. The van der Waals surface area contributed by atoms with E-state index in [4.69, 9.17) is 5.26 Å². The van der Waals surface area contributed by atoms with Crippen LogP contribution < -0.4 is 0 Å². The van der Waals surface area contributed by atoms with Crippen molar-refractivity contribution in [3.63, 3.8) is 0 Å². The number of aromatic amines is 1. The molecule has 1 atom stereocenters. The highest BCUT2D eigenvalue weighted by Crippen LogP contribution is 2.25. The Morgan fingerprint density at radius 1 is 1.67 bits per heavy atom. The van der Waals surface area contributed by atoms with Gasteiger partial charge in [-0.15, -0.1) is 0 Å². The van der Waals surface area contributed by atoms with Gasteiger partial charge in [0.25, 0.3) is 0 Å². The zero-order chi connectivity index (χ0) is 8.55. The summed E-state index contributed by atoms with van der Waals surface area (Å²) in [5.74, 6) is 0.696. The number of aryl methyl sites for hydroxylation is 1. The van der Waals surface area contributed by atoms with Gasteiger partial charge in [0.15, 0.2) is 5.69 Å². The summed E-state index contributed by atoms with van der Waals surface area (Å²) in [4.78, 5) is 0. The molecule has 1 unspecified atom stereocenters. The van der Waals surface area contributed by atoms with E-state index in [0.717, 1.165) is 18.4 Å². The van der Waals surface area contributed by atoms with E-state index in [1.165, 1.54) is 12.1 Å². The van der Waals surface area contributed by atoms with Gasteiger partial charge in [-0.05, 0) is 25.2 Å². The van der Waals surface area contributed by atoms with Crippen LogP contribution in [0.3, 0.4) is 0 Å². The van der Waals surface area contributed by atoms with Crippen LogP contribution in [0.25, 0.3) is 0 Å². The van der Waals surface area contributed by atoms with Crippen LogP contribution in [0.15, 0.2) is 0 Å². The highest BCUT2D eigenvalue weighted by Gasteiger charge is 2.20. The van der Waals surface area contributed by atoms with E-state index in [9.17, 15) is 0 Å². The predicted octanol–water partition coefficient (Wildman–Crippen LogP) is 1.41. The molecule has 0 aromatic carbocycles. The van der Waals surface area contributed by atoms with Crippen molar-refractivity contribution in [3.05, 3.63) is 17.0 Å². The maximum absolute atomic E-state index is 8.74. The first-order valence-corrected chi connectivity index (χ1v) is 4.27. The summed E-state index contributed by atoms with van der Waals surface area (Å²) < 4.78 is 0. The first kappa shape index (κ1) is 7.35. The maximum atomic E-state index is 8.74. The van der Waals surface area contributed by atoms with Crippen LogP contribution in [0.5, 0.6) is 0 Å². The quantitative estimate of drug-likeness (QED) is 0.625. The summed E-state index contributed by atoms with van der Waals surface area (Å²) in [5.41, 5.74) is 2.91. The van der Waals surface area contributed by atoms with Gasteiger partial charge in [0.2, 0.25) is 0 Å². The first-order valence-electron chi connectivity index (χ1n) is 4.27. The second-order valence-electron chi connectivity index (χ2n) is 3.49. The van der Waals surface area contributed by atoms with Crippen LogP contribution in [0.4, 0.5) is 0 Å². The lowest BCUT2D eigenvalue weighted by Crippen LogP contribution is -2.10. The Morgan fingerprint density at radius 3 is 3.25 bits per heavy atom. The van der Waals surface area contributed by atoms with E-state index in [-0.39, 0.29) is 0 Å². The second kappa shape index (κ2) is 2.63. The Hall–Kier alpha value is -1.30. The van der Waals surface area contributed by atoms with Crippen molar-refractivity contribution < 1.29 is 0 Å². The lowest BCUT2D eigenvalue weighted by Gasteiger charge is -2.16. The van der Waals surface area contributed by atoms with Crippen molar-refractivity contribution in [2.24, 2.45) is 5.92 Å². The number of rotatable bonds is 0. The zero-order valence-corrected chi connectivity index (χ0v) is 7.09. The molecule has 0 bridgehead atoms. The van der Waals surface area contributed by atoms with E-state index in [1.54, 1.807) is 0 Å². The molecule has 0 saturated heterocycles. The molecule has 0 aliphatic heterocycles. The van der Waals surface area contributed by atoms with Crippen molar-refractivity contribution in [3.8, 4) is 6.07 Å². The Bertz CT molecular complexity index is 332. The summed E-state index contributed by atoms with van der Waals surface area (Å²) in [6.07, 6.45) is 3.26. The van der Waals surface area contributed by atoms with Crippen LogP contribution in [0, 0.1) is 17.2 Å². The molecule has 62 valence electrons. The van der Waals surface area contributed by atoms with E-state index in [2.05, 4.69) is 23.2 Å². The molecule has 1 aliphatic rings. The number of hydrogen-bond acceptors (Lipinski definition) is 2. The SMILES string of the molecule is CC1CCc2[nH]nc(C#N)c2C1. The third kappa shape index (κ3) is 1.00. The Balaban J connectivity index is 2.42. The topological polar surface area (TPSA) is 52.5 Å². The molecule has 3 nitrogen and oxygen atoms in total. The monoisotopic (exact) mass is 161 g/mol. The molecule has 0 radical (unpaired) electrons. The van der Waals surface area contributed by atoms with E-state index < -0.39 is 0 Å². The van der Waals surface area contributed by atoms with Gasteiger partial charge in [-0.2, -0.15) is 10.4 Å². The number of aromatic nitrogens is 2. The Labute approximate surface area is 71.4 Å². The number of H-pyrrole nitrogens is 1. The van der Waals surface area contributed by atoms with Crippen molar-refractivity contribution in [1.29, 1.82) is 5.26 Å². The van der Waals surface area contributed by atoms with Crippen molar-refractivity contribution >= 4 is 0 Å². The minimum absolute atomic E-state index is 0.594. The lowest BCUT2D eigenvalue weighted by atomic mass is 9.88. The van der Waals surface area contributed by atoms with Gasteiger partial charge in [0.05, 0.1) is 0 Å². The number of hydrogen-bond donors (Lipinski definition) is 1. The molecule has 1 aliphatic carbocycles. The number of nitrogens with one attached hydrogen (secondary N) is 1. The van der Waals surface area contributed by atoms with E-state index >= 15 is 0 Å². The normalized spacial score (nSPS) is 21.5. The fraction of sp³-hybridized carbons (Fsp3) is 0.556. The van der Waals surface area contributed by atoms with Gasteiger partial charge in [0.1, 0.15) is 6.07 Å². The fourth-order valence-corrected chi connectivity index (χ4v) is 1.76. The van der Waals surface area contributed by atoms with Crippen LogP contribution in [0.1, 0.15) is 30.3 Å². The largest absolute Gasteiger partial charge is 0.281 e. The average Bonchev–Trinajstić information content (AvgIpc) is 2.46. The summed E-state index contributed by atoms with van der Waals surface area (Å²) in [7, 11) is 0. The molecule has 1 aromatic rings. The molecule has 0 fully saturated rings. The van der Waals surface area contributed by atoms with E-state index in [1.807, 2.05) is 0 Å². The molecule has 2 rings (SSSR count). The van der Waals surface area contributed by atoms with Crippen LogP contribution in [0.2, 0.25) is 0 Å². The molecular formula is C9H11N3. The highest BCUT2D eigenvalue weighted by atomic mass is 15.1. The summed E-state index contributed by atoms with van der Waals surface area (Å²) in [6, 6.07) is 2.11. The Morgan fingerprint density at radius 2 is 2.50 bits per heavy atom. The van der Waals surface area contributed by atoms with Gasteiger partial charge < -0.3 is 0 Å². The van der Waals surface area contributed by atoms with Crippen LogP contribution in [-0.2, 0) is 12.8 Å². The van der Waals surface area contributed by atoms with Crippen molar-refractivity contribution in [2.75, 3.05) is 0 Å². The van der Waals surface area contributed by atoms with Crippen molar-refractivity contribution in [2.45, 2.75) is 26.2 Å². The molecule has 0 amide bonds. The smallest absolute Gasteiger partial charge is 0.165 e. The lowest BCUT2D eigenvalue weighted by molar-refractivity contribution is 0.497.